The van der Waals surface area contributed by atoms with Crippen LogP contribution in [-0.2, 0) is 21.3 Å². The van der Waals surface area contributed by atoms with E-state index in [4.69, 9.17) is 19.3 Å². The number of carbonyl (C=O) groups is 1. The van der Waals surface area contributed by atoms with Gasteiger partial charge in [-0.2, -0.15) is 10.2 Å². The molecular weight excluding hydrogens is 434 g/mol. The number of amides is 1. The van der Waals surface area contributed by atoms with E-state index >= 15 is 0 Å². The van der Waals surface area contributed by atoms with E-state index in [9.17, 15) is 4.79 Å². The highest BCUT2D eigenvalue weighted by Gasteiger charge is 2.41. The normalized spacial score (nSPS) is 27.7. The quantitative estimate of drug-likeness (QED) is 0.623. The number of aryl methyl sites for hydroxylation is 2. The molecule has 2 aromatic heterocycles. The molecule has 1 aromatic carbocycles. The number of nitrogens with zero attached hydrogens (tertiary/aromatic N) is 4. The molecule has 0 bridgehead atoms. The van der Waals surface area contributed by atoms with E-state index in [2.05, 4.69) is 28.7 Å². The van der Waals surface area contributed by atoms with Gasteiger partial charge in [0.25, 0.3) is 0 Å². The average molecular weight is 466 g/mol. The number of benzene rings is 1. The first kappa shape index (κ1) is 21.6. The smallest absolute Gasteiger partial charge is 0.220 e. The van der Waals surface area contributed by atoms with Crippen LogP contribution < -0.4 is 10.1 Å². The molecule has 0 saturated carbocycles. The fourth-order valence-electron chi connectivity index (χ4n) is 5.48. The van der Waals surface area contributed by atoms with E-state index < -0.39 is 0 Å². The monoisotopic (exact) mass is 465 g/mol. The molecule has 0 aliphatic carbocycles. The van der Waals surface area contributed by atoms with Gasteiger partial charge < -0.3 is 19.5 Å². The Labute approximate surface area is 198 Å². The van der Waals surface area contributed by atoms with Gasteiger partial charge in [0.05, 0.1) is 29.8 Å². The third-order valence-corrected chi connectivity index (χ3v) is 7.62. The largest absolute Gasteiger partial charge is 0.490 e. The number of hydrogen-bond donors (Lipinski definition) is 1. The lowest BCUT2D eigenvalue weighted by molar-refractivity contribution is -0.119. The minimum atomic E-state index is -0.101. The predicted octanol–water partition coefficient (Wildman–Crippen LogP) is 2.77. The first-order valence-electron chi connectivity index (χ1n) is 12.2. The Morgan fingerprint density at radius 2 is 2.15 bits per heavy atom. The minimum Gasteiger partial charge on any atom is -0.490 e. The van der Waals surface area contributed by atoms with E-state index in [0.717, 1.165) is 52.9 Å². The van der Waals surface area contributed by atoms with Gasteiger partial charge in [-0.3, -0.25) is 14.2 Å². The summed E-state index contributed by atoms with van der Waals surface area (Å²) in [5.74, 6) is 1.03. The molecule has 180 valence electrons. The third kappa shape index (κ3) is 3.67. The lowest BCUT2D eigenvalue weighted by Crippen LogP contribution is -2.35. The summed E-state index contributed by atoms with van der Waals surface area (Å²) in [7, 11) is 1.94. The van der Waals surface area contributed by atoms with Gasteiger partial charge in [-0.1, -0.05) is 0 Å². The molecule has 34 heavy (non-hydrogen) atoms. The number of fused-ring (bicyclic) bond motifs is 2. The summed E-state index contributed by atoms with van der Waals surface area (Å²) in [6.07, 6.45) is 6.67. The van der Waals surface area contributed by atoms with Crippen molar-refractivity contribution in [1.29, 1.82) is 0 Å². The van der Waals surface area contributed by atoms with Gasteiger partial charge >= 0.3 is 0 Å². The van der Waals surface area contributed by atoms with Crippen LogP contribution in [0.15, 0.2) is 24.5 Å². The van der Waals surface area contributed by atoms with E-state index in [1.54, 1.807) is 0 Å². The fourth-order valence-corrected chi connectivity index (χ4v) is 5.48. The summed E-state index contributed by atoms with van der Waals surface area (Å²) in [5.41, 5.74) is 3.93. The molecule has 5 atom stereocenters. The van der Waals surface area contributed by atoms with Crippen LogP contribution in [0.5, 0.6) is 5.75 Å². The Morgan fingerprint density at radius 1 is 1.26 bits per heavy atom. The molecule has 3 aromatic rings. The zero-order valence-electron chi connectivity index (χ0n) is 19.9. The van der Waals surface area contributed by atoms with Crippen LogP contribution in [0.3, 0.4) is 0 Å². The number of rotatable bonds is 5. The van der Waals surface area contributed by atoms with Gasteiger partial charge in [-0.05, 0) is 44.4 Å². The second-order valence-electron chi connectivity index (χ2n) is 9.79. The fraction of sp³-hybridized carbons (Fsp3) is 0.560. The van der Waals surface area contributed by atoms with Gasteiger partial charge in [0.15, 0.2) is 0 Å². The Bertz CT molecular complexity index is 1230. The number of ether oxygens (including phenoxy) is 3. The number of carbonyl (C=O) groups excluding carboxylic acids is 1. The first-order chi connectivity index (χ1) is 16.5. The van der Waals surface area contributed by atoms with Gasteiger partial charge in [-0.25, -0.2) is 0 Å². The van der Waals surface area contributed by atoms with Gasteiger partial charge in [0, 0.05) is 50.0 Å². The Hall–Kier alpha value is -2.91. The Morgan fingerprint density at radius 3 is 2.97 bits per heavy atom. The minimum absolute atomic E-state index is 0.0601. The van der Waals surface area contributed by atoms with Crippen molar-refractivity contribution in [3.63, 3.8) is 0 Å². The topological polar surface area (TPSA) is 92.4 Å². The highest BCUT2D eigenvalue weighted by molar-refractivity contribution is 5.92. The first-order valence-corrected chi connectivity index (χ1v) is 12.2. The van der Waals surface area contributed by atoms with Crippen molar-refractivity contribution >= 4 is 16.8 Å². The second-order valence-corrected chi connectivity index (χ2v) is 9.79. The number of nitrogens with one attached hydrogen (secondary N) is 1. The van der Waals surface area contributed by atoms with Crippen LogP contribution in [0.25, 0.3) is 22.0 Å². The molecule has 3 saturated heterocycles. The van der Waals surface area contributed by atoms with Crippen molar-refractivity contribution in [2.75, 3.05) is 19.8 Å². The zero-order valence-corrected chi connectivity index (χ0v) is 19.9. The van der Waals surface area contributed by atoms with E-state index in [-0.39, 0.29) is 36.2 Å². The summed E-state index contributed by atoms with van der Waals surface area (Å²) in [6.45, 7) is 6.13. The van der Waals surface area contributed by atoms with Crippen LogP contribution in [0.2, 0.25) is 0 Å². The summed E-state index contributed by atoms with van der Waals surface area (Å²) < 4.78 is 22.4. The summed E-state index contributed by atoms with van der Waals surface area (Å²) in [4.78, 5) is 11.7. The Kier molecular flexibility index (Phi) is 5.33. The molecule has 6 rings (SSSR count). The summed E-state index contributed by atoms with van der Waals surface area (Å²) in [6, 6.07) is 4.25. The molecule has 5 heterocycles. The highest BCUT2D eigenvalue weighted by Crippen LogP contribution is 2.37. The van der Waals surface area contributed by atoms with Crippen molar-refractivity contribution in [1.82, 2.24) is 24.9 Å². The maximum absolute atomic E-state index is 11.7. The van der Waals surface area contributed by atoms with Crippen LogP contribution >= 0.6 is 0 Å². The van der Waals surface area contributed by atoms with Gasteiger partial charge in [0.1, 0.15) is 24.0 Å². The van der Waals surface area contributed by atoms with Crippen LogP contribution in [0.4, 0.5) is 0 Å². The molecule has 0 radical (unpaired) electrons. The molecule has 0 spiro atoms. The third-order valence-electron chi connectivity index (χ3n) is 7.62. The number of hydrogen-bond acceptors (Lipinski definition) is 6. The lowest BCUT2D eigenvalue weighted by atomic mass is 10.0. The summed E-state index contributed by atoms with van der Waals surface area (Å²) in [5, 5.41) is 13.3. The average Bonchev–Trinajstić information content (AvgIpc) is 3.60. The molecule has 3 fully saturated rings. The van der Waals surface area contributed by atoms with Gasteiger partial charge in [-0.15, -0.1) is 0 Å². The van der Waals surface area contributed by atoms with Crippen LogP contribution in [0, 0.1) is 12.8 Å². The molecule has 3 aliphatic heterocycles. The van der Waals surface area contributed by atoms with E-state index in [1.165, 1.54) is 0 Å². The lowest BCUT2D eigenvalue weighted by Gasteiger charge is -2.27. The van der Waals surface area contributed by atoms with Crippen LogP contribution in [0.1, 0.15) is 37.9 Å². The predicted molar refractivity (Wildman–Crippen MR) is 126 cm³/mol. The molecule has 9 nitrogen and oxygen atoms in total. The molecule has 3 aliphatic rings. The number of aromatic nitrogens is 4. The van der Waals surface area contributed by atoms with Crippen LogP contribution in [-0.4, -0.2) is 63.5 Å². The van der Waals surface area contributed by atoms with Crippen molar-refractivity contribution < 1.29 is 19.0 Å². The summed E-state index contributed by atoms with van der Waals surface area (Å²) >= 11 is 0. The van der Waals surface area contributed by atoms with Crippen molar-refractivity contribution in [2.24, 2.45) is 13.0 Å². The molecular formula is C25H31N5O4. The maximum atomic E-state index is 11.7. The zero-order chi connectivity index (χ0) is 23.4. The highest BCUT2D eigenvalue weighted by atomic mass is 16.6. The Balaban J connectivity index is 1.33. The molecule has 1 amide bonds. The van der Waals surface area contributed by atoms with E-state index in [1.807, 2.05) is 36.5 Å². The van der Waals surface area contributed by atoms with Gasteiger partial charge in [0.2, 0.25) is 5.91 Å². The standard InChI is InChI=1S/C25H31N5O4/c1-14-24-19(28-29(14)3)7-16(8-22(24)34-15(2)17-9-23(31)26-10-17)18-11-27-30(12-18)20-13-33-21-5-4-6-32-25(20)21/h7-8,11-12,15,17,20-21,25H,4-6,9-10,13H2,1-3H3,(H,26,31)/t15-,17-,20+,21-,25-/m1/s1. The SMILES string of the molecule is Cc1c2c(O[C@H](C)[C@H]3CNC(=O)C3)cc(-c3cnn([C@H]4CO[C@@H]5CCCO[C@@H]54)c3)cc2nn1C. The second kappa shape index (κ2) is 8.39. The van der Waals surface area contributed by atoms with E-state index in [0.29, 0.717) is 19.6 Å². The van der Waals surface area contributed by atoms with Crippen molar-refractivity contribution in [3.05, 3.63) is 30.2 Å². The van der Waals surface area contributed by atoms with Crippen molar-refractivity contribution in [2.45, 2.75) is 57.5 Å². The molecule has 0 unspecified atom stereocenters. The maximum Gasteiger partial charge on any atom is 0.220 e. The molecule has 1 N–H and O–H groups in total. The molecule has 9 heteroatoms. The van der Waals surface area contributed by atoms with Crippen molar-refractivity contribution in [3.8, 4) is 16.9 Å².